The molecule has 2 nitrogen and oxygen atoms in total. The summed E-state index contributed by atoms with van der Waals surface area (Å²) < 4.78 is 0. The van der Waals surface area contributed by atoms with Gasteiger partial charge >= 0.3 is 0 Å². The first-order valence-corrected chi connectivity index (χ1v) is 7.89. The van der Waals surface area contributed by atoms with Crippen LogP contribution in [0.5, 0.6) is 5.75 Å². The van der Waals surface area contributed by atoms with Crippen molar-refractivity contribution in [1.29, 1.82) is 0 Å². The highest BCUT2D eigenvalue weighted by atomic mass is 32.2. The Bertz CT molecular complexity index is 564. The third-order valence-corrected chi connectivity index (χ3v) is 4.78. The summed E-state index contributed by atoms with van der Waals surface area (Å²) in [5, 5.41) is 12.0. The average Bonchev–Trinajstić information content (AvgIpc) is 2.95. The first-order valence-electron chi connectivity index (χ1n) is 6.90. The van der Waals surface area contributed by atoms with E-state index in [-0.39, 0.29) is 0 Å². The van der Waals surface area contributed by atoms with E-state index in [1.54, 1.807) is 6.07 Å². The van der Waals surface area contributed by atoms with Gasteiger partial charge in [-0.1, -0.05) is 24.3 Å². The summed E-state index contributed by atoms with van der Waals surface area (Å²) in [6, 6.07) is 11.9. The highest BCUT2D eigenvalue weighted by molar-refractivity contribution is 7.99. The number of hydrogen-bond acceptors (Lipinski definition) is 3. The molecule has 2 aromatic carbocycles. The second-order valence-electron chi connectivity index (χ2n) is 5.03. The van der Waals surface area contributed by atoms with Crippen LogP contribution in [0.4, 0.5) is 0 Å². The fourth-order valence-corrected chi connectivity index (χ4v) is 3.74. The van der Waals surface area contributed by atoms with E-state index in [0.29, 0.717) is 5.75 Å². The van der Waals surface area contributed by atoms with Crippen molar-refractivity contribution in [3.05, 3.63) is 36.4 Å². The van der Waals surface area contributed by atoms with Crippen LogP contribution in [0.15, 0.2) is 41.3 Å². The topological polar surface area (TPSA) is 23.5 Å². The van der Waals surface area contributed by atoms with Crippen LogP contribution in [-0.4, -0.2) is 35.4 Å². The van der Waals surface area contributed by atoms with Crippen molar-refractivity contribution >= 4 is 22.5 Å². The Kier molecular flexibility index (Phi) is 3.95. The van der Waals surface area contributed by atoms with Gasteiger partial charge in [-0.3, -0.25) is 0 Å². The number of aromatic hydroxyl groups is 1. The third kappa shape index (κ3) is 2.88. The van der Waals surface area contributed by atoms with Crippen molar-refractivity contribution in [2.45, 2.75) is 17.7 Å². The molecule has 2 aromatic rings. The third-order valence-electron chi connectivity index (χ3n) is 3.72. The minimum absolute atomic E-state index is 0.375. The zero-order valence-corrected chi connectivity index (χ0v) is 11.8. The van der Waals surface area contributed by atoms with Crippen LogP contribution >= 0.6 is 11.8 Å². The quantitative estimate of drug-likeness (QED) is 0.859. The van der Waals surface area contributed by atoms with E-state index in [1.165, 1.54) is 37.4 Å². The molecule has 100 valence electrons. The van der Waals surface area contributed by atoms with E-state index < -0.39 is 0 Å². The maximum absolute atomic E-state index is 9.88. The Morgan fingerprint density at radius 1 is 1.00 bits per heavy atom. The molecule has 1 aliphatic heterocycles. The molecule has 19 heavy (non-hydrogen) atoms. The highest BCUT2D eigenvalue weighted by Gasteiger charge is 2.11. The van der Waals surface area contributed by atoms with Gasteiger partial charge in [-0.2, -0.15) is 0 Å². The van der Waals surface area contributed by atoms with Crippen molar-refractivity contribution in [3.63, 3.8) is 0 Å². The van der Waals surface area contributed by atoms with Gasteiger partial charge in [0.05, 0.1) is 0 Å². The molecule has 0 amide bonds. The summed E-state index contributed by atoms with van der Waals surface area (Å²) in [6.07, 6.45) is 2.71. The van der Waals surface area contributed by atoms with E-state index >= 15 is 0 Å². The lowest BCUT2D eigenvalue weighted by atomic mass is 10.1. The number of rotatable bonds is 4. The van der Waals surface area contributed by atoms with Gasteiger partial charge in [-0.15, -0.1) is 11.8 Å². The smallest absolute Gasteiger partial charge is 0.123 e. The van der Waals surface area contributed by atoms with Gasteiger partial charge in [-0.05, 0) is 43.5 Å². The van der Waals surface area contributed by atoms with Crippen molar-refractivity contribution in [2.75, 3.05) is 25.4 Å². The Labute approximate surface area is 118 Å². The van der Waals surface area contributed by atoms with Crippen LogP contribution in [-0.2, 0) is 0 Å². The van der Waals surface area contributed by atoms with E-state index in [4.69, 9.17) is 0 Å². The molecule has 0 bridgehead atoms. The van der Waals surface area contributed by atoms with Gasteiger partial charge in [0.15, 0.2) is 0 Å². The summed E-state index contributed by atoms with van der Waals surface area (Å²) in [6.45, 7) is 3.69. The lowest BCUT2D eigenvalue weighted by Crippen LogP contribution is -2.21. The molecule has 1 aliphatic rings. The molecule has 0 unspecified atom stereocenters. The van der Waals surface area contributed by atoms with E-state index in [0.717, 1.165) is 16.5 Å². The van der Waals surface area contributed by atoms with Crippen molar-refractivity contribution in [1.82, 2.24) is 4.90 Å². The van der Waals surface area contributed by atoms with Crippen LogP contribution in [0.2, 0.25) is 0 Å². The summed E-state index contributed by atoms with van der Waals surface area (Å²) >= 11 is 1.89. The Hall–Kier alpha value is -1.19. The lowest BCUT2D eigenvalue weighted by Gasteiger charge is -2.14. The molecule has 0 atom stereocenters. The Morgan fingerprint density at radius 3 is 2.53 bits per heavy atom. The number of likely N-dealkylation sites (tertiary alicyclic amines) is 1. The van der Waals surface area contributed by atoms with Gasteiger partial charge in [0.2, 0.25) is 0 Å². The molecule has 1 fully saturated rings. The minimum Gasteiger partial charge on any atom is -0.507 e. The number of nitrogens with zero attached hydrogens (tertiary/aromatic N) is 1. The first kappa shape index (κ1) is 12.8. The van der Waals surface area contributed by atoms with Crippen molar-refractivity contribution in [3.8, 4) is 5.75 Å². The summed E-state index contributed by atoms with van der Waals surface area (Å²) in [7, 11) is 0. The monoisotopic (exact) mass is 273 g/mol. The van der Waals surface area contributed by atoms with Gasteiger partial charge in [-0.25, -0.2) is 0 Å². The van der Waals surface area contributed by atoms with Gasteiger partial charge in [0, 0.05) is 22.6 Å². The number of hydrogen-bond donors (Lipinski definition) is 1. The van der Waals surface area contributed by atoms with E-state index in [2.05, 4.69) is 11.0 Å². The molecule has 0 radical (unpaired) electrons. The second-order valence-corrected chi connectivity index (χ2v) is 6.16. The normalized spacial score (nSPS) is 16.2. The summed E-state index contributed by atoms with van der Waals surface area (Å²) in [5.41, 5.74) is 0. The predicted molar refractivity (Wildman–Crippen MR) is 82.0 cm³/mol. The molecule has 0 spiro atoms. The number of fused-ring (bicyclic) bond motifs is 1. The molecule has 3 rings (SSSR count). The molecule has 3 heteroatoms. The molecule has 0 aliphatic carbocycles. The Morgan fingerprint density at radius 2 is 1.74 bits per heavy atom. The highest BCUT2D eigenvalue weighted by Crippen LogP contribution is 2.33. The van der Waals surface area contributed by atoms with Gasteiger partial charge in [0.25, 0.3) is 0 Å². The molecular weight excluding hydrogens is 254 g/mol. The standard InChI is InChI=1S/C16H19NOS/c18-15-7-8-16(14-6-2-1-5-13(14)15)19-12-11-17-9-3-4-10-17/h1-2,5-8,18H,3-4,9-12H2. The maximum Gasteiger partial charge on any atom is 0.123 e. The number of phenols is 1. The first-order chi connectivity index (χ1) is 9.34. The van der Waals surface area contributed by atoms with Crippen LogP contribution in [0.1, 0.15) is 12.8 Å². The van der Waals surface area contributed by atoms with Crippen molar-refractivity contribution in [2.24, 2.45) is 0 Å². The van der Waals surface area contributed by atoms with Crippen molar-refractivity contribution < 1.29 is 5.11 Å². The second kappa shape index (κ2) is 5.85. The minimum atomic E-state index is 0.375. The molecule has 0 saturated carbocycles. The molecule has 1 N–H and O–H groups in total. The van der Waals surface area contributed by atoms with Crippen LogP contribution in [0, 0.1) is 0 Å². The molecular formula is C16H19NOS. The van der Waals surface area contributed by atoms with E-state index in [9.17, 15) is 5.11 Å². The molecule has 0 aromatic heterocycles. The maximum atomic E-state index is 9.88. The summed E-state index contributed by atoms with van der Waals surface area (Å²) in [4.78, 5) is 3.81. The predicted octanol–water partition coefficient (Wildman–Crippen LogP) is 3.73. The fraction of sp³-hybridized carbons (Fsp3) is 0.375. The number of benzene rings is 2. The largest absolute Gasteiger partial charge is 0.507 e. The van der Waals surface area contributed by atoms with Crippen LogP contribution < -0.4 is 0 Å². The van der Waals surface area contributed by atoms with Crippen LogP contribution in [0.3, 0.4) is 0 Å². The zero-order chi connectivity index (χ0) is 13.1. The number of thioether (sulfide) groups is 1. The number of phenolic OH excluding ortho intramolecular Hbond substituents is 1. The average molecular weight is 273 g/mol. The zero-order valence-electron chi connectivity index (χ0n) is 11.0. The SMILES string of the molecule is Oc1ccc(SCCN2CCCC2)c2ccccc12. The fourth-order valence-electron chi connectivity index (χ4n) is 2.67. The van der Waals surface area contributed by atoms with Gasteiger partial charge in [0.1, 0.15) is 5.75 Å². The Balaban J connectivity index is 1.72. The van der Waals surface area contributed by atoms with Gasteiger partial charge < -0.3 is 10.0 Å². The lowest BCUT2D eigenvalue weighted by molar-refractivity contribution is 0.362. The van der Waals surface area contributed by atoms with Crippen LogP contribution in [0.25, 0.3) is 10.8 Å². The van der Waals surface area contributed by atoms with E-state index in [1.807, 2.05) is 36.0 Å². The molecule has 1 saturated heterocycles. The summed E-state index contributed by atoms with van der Waals surface area (Å²) in [5.74, 6) is 1.49. The molecule has 1 heterocycles.